The molecule has 0 bridgehead atoms. The van der Waals surface area contributed by atoms with Gasteiger partial charge in [0.15, 0.2) is 5.17 Å². The summed E-state index contributed by atoms with van der Waals surface area (Å²) in [5.41, 5.74) is 6.87. The van der Waals surface area contributed by atoms with Gasteiger partial charge < -0.3 is 0 Å². The van der Waals surface area contributed by atoms with E-state index >= 15 is 0 Å². The average Bonchev–Trinajstić information content (AvgIpc) is 2.77. The number of amidine groups is 1. The number of piperidine rings is 1. The molecule has 2 heterocycles. The van der Waals surface area contributed by atoms with Crippen LogP contribution in [0.15, 0.2) is 63.5 Å². The van der Waals surface area contributed by atoms with Crippen molar-refractivity contribution in [3.05, 3.63) is 59.7 Å². The minimum absolute atomic E-state index is 0.349. The molecular weight excluding hydrogens is 404 g/mol. The number of sulfonamides is 1. The highest BCUT2D eigenvalue weighted by atomic mass is 32.2. The number of aryl methyl sites for hydroxylation is 1. The van der Waals surface area contributed by atoms with Crippen LogP contribution in [-0.2, 0) is 10.0 Å². The molecule has 1 N–H and O–H groups in total. The van der Waals surface area contributed by atoms with Gasteiger partial charge >= 0.3 is 0 Å². The summed E-state index contributed by atoms with van der Waals surface area (Å²) in [6.45, 7) is 3.27. The highest BCUT2D eigenvalue weighted by molar-refractivity contribution is 8.14. The maximum absolute atomic E-state index is 12.8. The molecule has 1 saturated heterocycles. The Balaban J connectivity index is 1.45. The Kier molecular flexibility index (Phi) is 6.03. The van der Waals surface area contributed by atoms with Crippen LogP contribution in [0, 0.1) is 6.92 Å². The number of hydrazone groups is 1. The van der Waals surface area contributed by atoms with Crippen LogP contribution in [0.1, 0.15) is 30.4 Å². The van der Waals surface area contributed by atoms with Crippen molar-refractivity contribution in [2.24, 2.45) is 10.1 Å². The van der Waals surface area contributed by atoms with Gasteiger partial charge in [0.25, 0.3) is 0 Å². The van der Waals surface area contributed by atoms with Gasteiger partial charge in [0.05, 0.1) is 16.3 Å². The van der Waals surface area contributed by atoms with E-state index in [-0.39, 0.29) is 0 Å². The number of nitrogens with one attached hydrogen (secondary N) is 1. The molecule has 2 aromatic carbocycles. The van der Waals surface area contributed by atoms with Gasteiger partial charge in [-0.2, -0.15) is 9.41 Å². The van der Waals surface area contributed by atoms with Gasteiger partial charge in [-0.1, -0.05) is 48.0 Å². The lowest BCUT2D eigenvalue weighted by atomic mass is 10.1. The Bertz CT molecular complexity index is 1020. The monoisotopic (exact) mass is 428 g/mol. The second kappa shape index (κ2) is 8.69. The van der Waals surface area contributed by atoms with Gasteiger partial charge in [-0.05, 0) is 49.6 Å². The summed E-state index contributed by atoms with van der Waals surface area (Å²) < 4.78 is 27.1. The lowest BCUT2D eigenvalue weighted by molar-refractivity contribution is 0.346. The summed E-state index contributed by atoms with van der Waals surface area (Å²) in [4.78, 5) is 4.91. The zero-order valence-corrected chi connectivity index (χ0v) is 18.0. The van der Waals surface area contributed by atoms with Gasteiger partial charge in [-0.25, -0.2) is 13.4 Å². The van der Waals surface area contributed by atoms with Crippen molar-refractivity contribution in [2.45, 2.75) is 31.1 Å². The zero-order chi connectivity index (χ0) is 20.3. The van der Waals surface area contributed by atoms with E-state index in [2.05, 4.69) is 15.5 Å². The first kappa shape index (κ1) is 20.1. The Morgan fingerprint density at radius 1 is 1.00 bits per heavy atom. The lowest BCUT2D eigenvalue weighted by Gasteiger charge is -2.26. The van der Waals surface area contributed by atoms with Gasteiger partial charge in [0.2, 0.25) is 10.0 Å². The summed E-state index contributed by atoms with van der Waals surface area (Å²) >= 11 is 1.58. The number of thioether (sulfide) groups is 1. The van der Waals surface area contributed by atoms with Crippen LogP contribution >= 0.6 is 11.8 Å². The summed E-state index contributed by atoms with van der Waals surface area (Å²) in [7, 11) is -3.40. The van der Waals surface area contributed by atoms with Crippen LogP contribution in [0.5, 0.6) is 0 Å². The fraction of sp³-hybridized carbons (Fsp3) is 0.333. The largest absolute Gasteiger partial charge is 0.255 e. The molecular formula is C21H24N4O2S2. The van der Waals surface area contributed by atoms with E-state index in [1.807, 2.05) is 43.3 Å². The van der Waals surface area contributed by atoms with Crippen molar-refractivity contribution in [1.82, 2.24) is 9.73 Å². The van der Waals surface area contributed by atoms with Crippen molar-refractivity contribution >= 4 is 38.4 Å². The van der Waals surface area contributed by atoms with Crippen LogP contribution in [0.2, 0.25) is 0 Å². The van der Waals surface area contributed by atoms with Crippen LogP contribution in [0.3, 0.4) is 0 Å². The minimum Gasteiger partial charge on any atom is -0.255 e. The van der Waals surface area contributed by atoms with E-state index in [1.54, 1.807) is 28.2 Å². The topological polar surface area (TPSA) is 74.1 Å². The third-order valence-corrected chi connectivity index (χ3v) is 7.82. The van der Waals surface area contributed by atoms with E-state index in [1.165, 1.54) is 5.56 Å². The maximum Gasteiger partial charge on any atom is 0.243 e. The van der Waals surface area contributed by atoms with Crippen LogP contribution in [0.25, 0.3) is 0 Å². The van der Waals surface area contributed by atoms with Crippen LogP contribution in [0.4, 0.5) is 5.69 Å². The smallest absolute Gasteiger partial charge is 0.243 e. The van der Waals surface area contributed by atoms with E-state index in [0.29, 0.717) is 23.7 Å². The van der Waals surface area contributed by atoms with Gasteiger partial charge in [-0.3, -0.25) is 5.43 Å². The Morgan fingerprint density at radius 3 is 2.31 bits per heavy atom. The van der Waals surface area contributed by atoms with E-state index in [9.17, 15) is 8.42 Å². The Labute approximate surface area is 176 Å². The van der Waals surface area contributed by atoms with E-state index in [4.69, 9.17) is 0 Å². The van der Waals surface area contributed by atoms with Gasteiger partial charge in [-0.15, -0.1) is 0 Å². The first-order chi connectivity index (χ1) is 14.0. The predicted molar refractivity (Wildman–Crippen MR) is 119 cm³/mol. The minimum atomic E-state index is -3.40. The SMILES string of the molecule is Cc1ccc(N=C2NN=C(c3ccc(S(=O)(=O)N4CCCCC4)cc3)CS2)cc1. The number of rotatable bonds is 4. The molecule has 0 saturated carbocycles. The summed E-state index contributed by atoms with van der Waals surface area (Å²) in [6, 6.07) is 15.0. The van der Waals surface area contributed by atoms with Gasteiger partial charge in [0, 0.05) is 18.8 Å². The van der Waals surface area contributed by atoms with Crippen molar-refractivity contribution < 1.29 is 8.42 Å². The fourth-order valence-electron chi connectivity index (χ4n) is 3.33. The molecule has 0 aromatic heterocycles. The Hall–Kier alpha value is -2.16. The van der Waals surface area contributed by atoms with Crippen molar-refractivity contribution in [3.63, 3.8) is 0 Å². The molecule has 0 unspecified atom stereocenters. The molecule has 0 aliphatic carbocycles. The van der Waals surface area contributed by atoms with Crippen molar-refractivity contribution in [2.75, 3.05) is 18.8 Å². The normalized spacial score (nSPS) is 19.6. The highest BCUT2D eigenvalue weighted by Gasteiger charge is 2.26. The summed E-state index contributed by atoms with van der Waals surface area (Å²) in [5.74, 6) is 0.677. The highest BCUT2D eigenvalue weighted by Crippen LogP contribution is 2.23. The first-order valence-electron chi connectivity index (χ1n) is 9.74. The number of hydrogen-bond acceptors (Lipinski definition) is 5. The van der Waals surface area contributed by atoms with E-state index in [0.717, 1.165) is 41.4 Å². The maximum atomic E-state index is 12.8. The summed E-state index contributed by atoms with van der Waals surface area (Å²) in [5, 5.41) is 5.18. The van der Waals surface area contributed by atoms with Crippen molar-refractivity contribution in [3.8, 4) is 0 Å². The quantitative estimate of drug-likeness (QED) is 0.802. The fourth-order valence-corrected chi connectivity index (χ4v) is 5.63. The second-order valence-corrected chi connectivity index (χ2v) is 10.1. The van der Waals surface area contributed by atoms with E-state index < -0.39 is 10.0 Å². The molecule has 0 spiro atoms. The predicted octanol–water partition coefficient (Wildman–Crippen LogP) is 3.90. The van der Waals surface area contributed by atoms with Crippen LogP contribution < -0.4 is 5.43 Å². The number of hydrogen-bond donors (Lipinski definition) is 1. The second-order valence-electron chi connectivity index (χ2n) is 7.20. The molecule has 0 atom stereocenters. The molecule has 2 aliphatic rings. The molecule has 0 amide bonds. The average molecular weight is 429 g/mol. The molecule has 6 nitrogen and oxygen atoms in total. The standard InChI is InChI=1S/C21H24N4O2S2/c1-16-5-9-18(10-6-16)22-21-24-23-20(15-28-21)17-7-11-19(12-8-17)29(26,27)25-13-3-2-4-14-25/h5-12H,2-4,13-15H2,1H3,(H,22,24). The third-order valence-electron chi connectivity index (χ3n) is 5.04. The lowest BCUT2D eigenvalue weighted by Crippen LogP contribution is -2.35. The molecule has 1 fully saturated rings. The van der Waals surface area contributed by atoms with Crippen molar-refractivity contribution in [1.29, 1.82) is 0 Å². The number of aliphatic imine (C=N–C) groups is 1. The number of benzene rings is 2. The third kappa shape index (κ3) is 4.71. The molecule has 2 aromatic rings. The zero-order valence-electron chi connectivity index (χ0n) is 16.3. The first-order valence-corrected chi connectivity index (χ1v) is 12.2. The molecule has 0 radical (unpaired) electrons. The molecule has 152 valence electrons. The molecule has 2 aliphatic heterocycles. The van der Waals surface area contributed by atoms with Gasteiger partial charge in [0.1, 0.15) is 0 Å². The summed E-state index contributed by atoms with van der Waals surface area (Å²) in [6.07, 6.45) is 2.97. The molecule has 4 rings (SSSR count). The molecule has 29 heavy (non-hydrogen) atoms. The number of nitrogens with zero attached hydrogens (tertiary/aromatic N) is 3. The Morgan fingerprint density at radius 2 is 1.69 bits per heavy atom. The van der Waals surface area contributed by atoms with Crippen LogP contribution in [-0.4, -0.2) is 42.4 Å². The molecule has 8 heteroatoms.